The molecule has 0 aliphatic heterocycles. The van der Waals surface area contributed by atoms with E-state index in [9.17, 15) is 4.79 Å². The van der Waals surface area contributed by atoms with Crippen LogP contribution in [0.2, 0.25) is 0 Å². The largest absolute Gasteiger partial charge is 0.453 e. The highest BCUT2D eigenvalue weighted by Gasteiger charge is 2.10. The Bertz CT molecular complexity index is 397. The van der Waals surface area contributed by atoms with Gasteiger partial charge in [-0.1, -0.05) is 37.8 Å². The molecule has 0 aliphatic carbocycles. The lowest BCUT2D eigenvalue weighted by atomic mass is 10.1. The molecule has 0 aromatic heterocycles. The van der Waals surface area contributed by atoms with Crippen molar-refractivity contribution in [1.82, 2.24) is 0 Å². The molecule has 0 bridgehead atoms. The van der Waals surface area contributed by atoms with Crippen LogP contribution in [0.4, 0.5) is 0 Å². The fourth-order valence-electron chi connectivity index (χ4n) is 1.43. The number of rotatable bonds is 4. The van der Waals surface area contributed by atoms with Crippen molar-refractivity contribution in [3.05, 3.63) is 53.8 Å². The van der Waals surface area contributed by atoms with Gasteiger partial charge in [-0.05, 0) is 17.5 Å². The first-order valence-corrected chi connectivity index (χ1v) is 5.29. The molecule has 1 aromatic carbocycles. The van der Waals surface area contributed by atoms with E-state index in [-0.39, 0.29) is 12.1 Å². The summed E-state index contributed by atoms with van der Waals surface area (Å²) in [5.74, 6) is -0.309. The Balaban J connectivity index is 2.91. The van der Waals surface area contributed by atoms with Crippen LogP contribution in [0.5, 0.6) is 0 Å². The van der Waals surface area contributed by atoms with E-state index < -0.39 is 0 Å². The number of carbonyl (C=O) groups is 1. The Labute approximate surface area is 96.2 Å². The van der Waals surface area contributed by atoms with Crippen LogP contribution in [0.25, 0.3) is 0 Å². The van der Waals surface area contributed by atoms with Crippen molar-refractivity contribution in [2.24, 2.45) is 0 Å². The third-order valence-corrected chi connectivity index (χ3v) is 2.28. The zero-order valence-corrected chi connectivity index (χ0v) is 9.69. The standard InChI is InChI=1S/C14H16O2/c1-4-6-14(16-11(3)15)13-9-7-12(5-2)8-10-13/h6-10,14H,1,5H2,2-3H3/t14-/m1/s1. The van der Waals surface area contributed by atoms with Crippen LogP contribution in [0.15, 0.2) is 42.7 Å². The first-order chi connectivity index (χ1) is 7.67. The smallest absolute Gasteiger partial charge is 0.303 e. The SMILES string of the molecule is C=C=C[C@@H](OC(C)=O)c1ccc(CC)cc1. The lowest BCUT2D eigenvalue weighted by Crippen LogP contribution is -2.05. The van der Waals surface area contributed by atoms with E-state index in [1.807, 2.05) is 24.3 Å². The van der Waals surface area contributed by atoms with Crippen LogP contribution in [0, 0.1) is 0 Å². The van der Waals surface area contributed by atoms with Gasteiger partial charge < -0.3 is 4.74 Å². The molecule has 0 aliphatic rings. The molecule has 1 aromatic rings. The van der Waals surface area contributed by atoms with Gasteiger partial charge in [-0.15, -0.1) is 5.73 Å². The second kappa shape index (κ2) is 5.94. The highest BCUT2D eigenvalue weighted by atomic mass is 16.5. The molecule has 0 fully saturated rings. The Hall–Kier alpha value is -1.79. The van der Waals surface area contributed by atoms with Crippen LogP contribution >= 0.6 is 0 Å². The summed E-state index contributed by atoms with van der Waals surface area (Å²) in [5, 5.41) is 0. The second-order valence-corrected chi connectivity index (χ2v) is 3.50. The molecule has 2 nitrogen and oxygen atoms in total. The predicted molar refractivity (Wildman–Crippen MR) is 64.0 cm³/mol. The highest BCUT2D eigenvalue weighted by molar-refractivity contribution is 5.66. The maximum absolute atomic E-state index is 10.9. The van der Waals surface area contributed by atoms with Crippen LogP contribution in [-0.4, -0.2) is 5.97 Å². The average molecular weight is 216 g/mol. The van der Waals surface area contributed by atoms with Crippen molar-refractivity contribution in [1.29, 1.82) is 0 Å². The summed E-state index contributed by atoms with van der Waals surface area (Å²) in [5.41, 5.74) is 4.84. The zero-order valence-electron chi connectivity index (χ0n) is 9.69. The molecule has 0 saturated carbocycles. The number of benzene rings is 1. The summed E-state index contributed by atoms with van der Waals surface area (Å²) in [4.78, 5) is 10.9. The molecule has 0 heterocycles. The van der Waals surface area contributed by atoms with E-state index in [1.165, 1.54) is 12.5 Å². The molecule has 0 radical (unpaired) electrons. The molecule has 0 N–H and O–H groups in total. The summed E-state index contributed by atoms with van der Waals surface area (Å²) in [7, 11) is 0. The maximum atomic E-state index is 10.9. The minimum absolute atomic E-state index is 0.309. The topological polar surface area (TPSA) is 26.3 Å². The van der Waals surface area contributed by atoms with Gasteiger partial charge in [0.05, 0.1) is 0 Å². The lowest BCUT2D eigenvalue weighted by molar-refractivity contribution is -0.144. The maximum Gasteiger partial charge on any atom is 0.303 e. The molecule has 1 rings (SSSR count). The van der Waals surface area contributed by atoms with Crippen molar-refractivity contribution in [2.75, 3.05) is 0 Å². The lowest BCUT2D eigenvalue weighted by Gasteiger charge is -2.12. The van der Waals surface area contributed by atoms with Gasteiger partial charge in [0.2, 0.25) is 0 Å². The van der Waals surface area contributed by atoms with Crippen molar-refractivity contribution in [2.45, 2.75) is 26.4 Å². The number of hydrogen-bond acceptors (Lipinski definition) is 2. The van der Waals surface area contributed by atoms with E-state index in [0.717, 1.165) is 12.0 Å². The monoisotopic (exact) mass is 216 g/mol. The molecule has 0 saturated heterocycles. The molecule has 84 valence electrons. The van der Waals surface area contributed by atoms with Crippen LogP contribution in [0.1, 0.15) is 31.1 Å². The van der Waals surface area contributed by atoms with Crippen molar-refractivity contribution in [3.63, 3.8) is 0 Å². The van der Waals surface area contributed by atoms with Gasteiger partial charge in [-0.3, -0.25) is 4.79 Å². The molecule has 16 heavy (non-hydrogen) atoms. The van der Waals surface area contributed by atoms with Gasteiger partial charge in [-0.2, -0.15) is 0 Å². The van der Waals surface area contributed by atoms with E-state index in [2.05, 4.69) is 19.2 Å². The number of esters is 1. The van der Waals surface area contributed by atoms with Gasteiger partial charge >= 0.3 is 5.97 Å². The predicted octanol–water partition coefficient (Wildman–Crippen LogP) is 3.19. The highest BCUT2D eigenvalue weighted by Crippen LogP contribution is 2.19. The zero-order chi connectivity index (χ0) is 12.0. The van der Waals surface area contributed by atoms with E-state index in [0.29, 0.717) is 0 Å². The molecule has 0 spiro atoms. The normalized spacial score (nSPS) is 11.4. The van der Waals surface area contributed by atoms with Crippen molar-refractivity contribution in [3.8, 4) is 0 Å². The quantitative estimate of drug-likeness (QED) is 0.570. The number of aryl methyl sites for hydroxylation is 1. The first kappa shape index (κ1) is 12.3. The van der Waals surface area contributed by atoms with Gasteiger partial charge in [0.15, 0.2) is 6.10 Å². The molecule has 1 atom stereocenters. The van der Waals surface area contributed by atoms with Crippen molar-refractivity contribution >= 4 is 5.97 Å². The van der Waals surface area contributed by atoms with Gasteiger partial charge in [-0.25, -0.2) is 0 Å². The molecular formula is C14H16O2. The third-order valence-electron chi connectivity index (χ3n) is 2.28. The minimum Gasteiger partial charge on any atom is -0.453 e. The second-order valence-electron chi connectivity index (χ2n) is 3.50. The minimum atomic E-state index is -0.388. The molecule has 0 unspecified atom stereocenters. The third kappa shape index (κ3) is 3.41. The molecule has 0 amide bonds. The van der Waals surface area contributed by atoms with E-state index in [1.54, 1.807) is 6.08 Å². The summed E-state index contributed by atoms with van der Waals surface area (Å²) in [6.07, 6.45) is 2.25. The van der Waals surface area contributed by atoms with Crippen LogP contribution in [0.3, 0.4) is 0 Å². The number of ether oxygens (including phenoxy) is 1. The Morgan fingerprint density at radius 1 is 1.50 bits per heavy atom. The van der Waals surface area contributed by atoms with Crippen LogP contribution < -0.4 is 0 Å². The van der Waals surface area contributed by atoms with E-state index >= 15 is 0 Å². The fraction of sp³-hybridized carbons (Fsp3) is 0.286. The summed E-state index contributed by atoms with van der Waals surface area (Å²) in [6.45, 7) is 6.99. The van der Waals surface area contributed by atoms with Crippen molar-refractivity contribution < 1.29 is 9.53 Å². The molecule has 2 heteroatoms. The first-order valence-electron chi connectivity index (χ1n) is 5.29. The average Bonchev–Trinajstić information content (AvgIpc) is 2.28. The summed E-state index contributed by atoms with van der Waals surface area (Å²) >= 11 is 0. The Kier molecular flexibility index (Phi) is 4.56. The molecular weight excluding hydrogens is 200 g/mol. The summed E-state index contributed by atoms with van der Waals surface area (Å²) < 4.78 is 5.15. The number of hydrogen-bond donors (Lipinski definition) is 0. The van der Waals surface area contributed by atoms with Gasteiger partial charge in [0, 0.05) is 13.0 Å². The number of carbonyl (C=O) groups excluding carboxylic acids is 1. The van der Waals surface area contributed by atoms with Gasteiger partial charge in [0.1, 0.15) is 0 Å². The van der Waals surface area contributed by atoms with Crippen LogP contribution in [-0.2, 0) is 16.0 Å². The van der Waals surface area contributed by atoms with E-state index in [4.69, 9.17) is 4.74 Å². The Morgan fingerprint density at radius 3 is 2.56 bits per heavy atom. The van der Waals surface area contributed by atoms with Gasteiger partial charge in [0.25, 0.3) is 0 Å². The summed E-state index contributed by atoms with van der Waals surface area (Å²) in [6, 6.07) is 7.98. The fourth-order valence-corrected chi connectivity index (χ4v) is 1.43. The Morgan fingerprint density at radius 2 is 2.12 bits per heavy atom.